The van der Waals surface area contributed by atoms with Crippen LogP contribution in [0.15, 0.2) is 12.1 Å². The van der Waals surface area contributed by atoms with Crippen LogP contribution in [0.1, 0.15) is 0 Å². The minimum absolute atomic E-state index is 0.390. The monoisotopic (exact) mass is 223 g/mol. The summed E-state index contributed by atoms with van der Waals surface area (Å²) in [5.74, 6) is -5.47. The fourth-order valence-corrected chi connectivity index (χ4v) is 0.873. The molecule has 1 aromatic carbocycles. The van der Waals surface area contributed by atoms with Crippen LogP contribution in [0.5, 0.6) is 0 Å². The summed E-state index contributed by atoms with van der Waals surface area (Å²) in [6.07, 6.45) is 0. The van der Waals surface area contributed by atoms with Gasteiger partial charge in [0.25, 0.3) is 0 Å². The molecule has 2 nitrogen and oxygen atoms in total. The number of halogens is 4. The third kappa shape index (κ3) is 2.17. The molecule has 0 heterocycles. The van der Waals surface area contributed by atoms with Gasteiger partial charge < -0.3 is 5.32 Å². The van der Waals surface area contributed by atoms with Crippen molar-refractivity contribution >= 4 is 23.2 Å². The number of carbonyl (C=O) groups excluding carboxylic acids is 1. The lowest BCUT2D eigenvalue weighted by molar-refractivity contribution is -0.113. The molecule has 1 rings (SSSR count). The Labute approximate surface area is 82.7 Å². The predicted octanol–water partition coefficient (Wildman–Crippen LogP) is 2.28. The Morgan fingerprint density at radius 2 is 1.93 bits per heavy atom. The molecule has 1 aromatic rings. The third-order valence-corrected chi connectivity index (χ3v) is 1.67. The van der Waals surface area contributed by atoms with Gasteiger partial charge in [0.15, 0.2) is 17.5 Å². The van der Waals surface area contributed by atoms with Gasteiger partial charge in [0, 0.05) is 0 Å². The Bertz CT molecular complexity index is 370. The van der Waals surface area contributed by atoms with E-state index in [-0.39, 0.29) is 0 Å². The van der Waals surface area contributed by atoms with E-state index in [9.17, 15) is 18.0 Å². The van der Waals surface area contributed by atoms with E-state index in [2.05, 4.69) is 0 Å². The highest BCUT2D eigenvalue weighted by atomic mass is 35.5. The molecule has 0 fully saturated rings. The summed E-state index contributed by atoms with van der Waals surface area (Å²) in [5, 5.41) is 1.98. The molecular formula is C8H5ClF3NO. The molecule has 0 spiro atoms. The quantitative estimate of drug-likeness (QED) is 0.605. The highest BCUT2D eigenvalue weighted by molar-refractivity contribution is 6.29. The zero-order chi connectivity index (χ0) is 10.7. The van der Waals surface area contributed by atoms with Crippen molar-refractivity contribution in [1.82, 2.24) is 0 Å². The van der Waals surface area contributed by atoms with Gasteiger partial charge in [-0.25, -0.2) is 13.2 Å². The highest BCUT2D eigenvalue weighted by Gasteiger charge is 2.14. The summed E-state index contributed by atoms with van der Waals surface area (Å²) in [5.41, 5.74) is -0.436. The van der Waals surface area contributed by atoms with Gasteiger partial charge in [0.2, 0.25) is 5.91 Å². The van der Waals surface area contributed by atoms with E-state index < -0.39 is 34.9 Å². The number of hydrogen-bond donors (Lipinski definition) is 1. The Balaban J connectivity index is 3.00. The smallest absolute Gasteiger partial charge is 0.239 e. The second-order valence-electron chi connectivity index (χ2n) is 2.40. The molecule has 14 heavy (non-hydrogen) atoms. The largest absolute Gasteiger partial charge is 0.322 e. The van der Waals surface area contributed by atoms with Crippen molar-refractivity contribution in [2.45, 2.75) is 0 Å². The molecule has 0 radical (unpaired) electrons. The molecule has 0 aliphatic rings. The van der Waals surface area contributed by atoms with Gasteiger partial charge in [-0.3, -0.25) is 4.79 Å². The van der Waals surface area contributed by atoms with Gasteiger partial charge in [0.05, 0.1) is 5.69 Å². The lowest BCUT2D eigenvalue weighted by Gasteiger charge is -2.04. The van der Waals surface area contributed by atoms with E-state index in [1.54, 1.807) is 0 Å². The average molecular weight is 224 g/mol. The maximum Gasteiger partial charge on any atom is 0.239 e. The van der Waals surface area contributed by atoms with E-state index >= 15 is 0 Å². The van der Waals surface area contributed by atoms with Crippen molar-refractivity contribution in [2.24, 2.45) is 0 Å². The van der Waals surface area contributed by atoms with Gasteiger partial charge in [-0.2, -0.15) is 0 Å². The summed E-state index contributed by atoms with van der Waals surface area (Å²) in [7, 11) is 0. The van der Waals surface area contributed by atoms with Crippen molar-refractivity contribution in [3.05, 3.63) is 29.6 Å². The van der Waals surface area contributed by atoms with Crippen LogP contribution in [0.4, 0.5) is 18.9 Å². The minimum Gasteiger partial charge on any atom is -0.322 e. The highest BCUT2D eigenvalue weighted by Crippen LogP contribution is 2.19. The van der Waals surface area contributed by atoms with Crippen molar-refractivity contribution < 1.29 is 18.0 Å². The molecule has 0 saturated carbocycles. The Morgan fingerprint density at radius 3 is 2.50 bits per heavy atom. The van der Waals surface area contributed by atoms with Crippen molar-refractivity contribution in [1.29, 1.82) is 0 Å². The molecule has 0 aliphatic carbocycles. The minimum atomic E-state index is -1.63. The first-order chi connectivity index (χ1) is 6.56. The van der Waals surface area contributed by atoms with Crippen molar-refractivity contribution in [2.75, 3.05) is 11.2 Å². The topological polar surface area (TPSA) is 29.1 Å². The molecule has 0 aliphatic heterocycles. The van der Waals surface area contributed by atoms with E-state index in [1.165, 1.54) is 0 Å². The maximum absolute atomic E-state index is 12.9. The van der Waals surface area contributed by atoms with E-state index in [1.807, 2.05) is 5.32 Å². The van der Waals surface area contributed by atoms with Crippen LogP contribution in [0, 0.1) is 17.5 Å². The van der Waals surface area contributed by atoms with Crippen LogP contribution >= 0.6 is 11.6 Å². The van der Waals surface area contributed by atoms with Gasteiger partial charge in [-0.15, -0.1) is 11.6 Å². The first kappa shape index (κ1) is 10.8. The van der Waals surface area contributed by atoms with Crippen LogP contribution in [0.25, 0.3) is 0 Å². The lowest BCUT2D eigenvalue weighted by atomic mass is 10.3. The Morgan fingerprint density at radius 1 is 1.29 bits per heavy atom. The second kappa shape index (κ2) is 4.32. The zero-order valence-electron chi connectivity index (χ0n) is 6.78. The first-order valence-corrected chi connectivity index (χ1v) is 4.09. The molecule has 0 atom stereocenters. The van der Waals surface area contributed by atoms with Gasteiger partial charge >= 0.3 is 0 Å². The number of amides is 1. The standard InChI is InChI=1S/C8H5ClF3NO/c9-3-6(14)13-5-2-1-4(10)7(11)8(5)12/h1-2H,3H2,(H,13,14). The molecule has 76 valence electrons. The molecule has 1 amide bonds. The predicted molar refractivity (Wildman–Crippen MR) is 45.7 cm³/mol. The van der Waals surface area contributed by atoms with Gasteiger partial charge in [0.1, 0.15) is 5.88 Å². The number of rotatable bonds is 2. The Hall–Kier alpha value is -1.23. The molecule has 1 N–H and O–H groups in total. The van der Waals surface area contributed by atoms with E-state index in [0.29, 0.717) is 6.07 Å². The SMILES string of the molecule is O=C(CCl)Nc1ccc(F)c(F)c1F. The van der Waals surface area contributed by atoms with Crippen LogP contribution in [0.2, 0.25) is 0 Å². The van der Waals surface area contributed by atoms with Crippen LogP contribution in [-0.2, 0) is 4.79 Å². The third-order valence-electron chi connectivity index (χ3n) is 1.43. The summed E-state index contributed by atoms with van der Waals surface area (Å²) < 4.78 is 37.9. The van der Waals surface area contributed by atoms with Crippen LogP contribution in [0.3, 0.4) is 0 Å². The lowest BCUT2D eigenvalue weighted by Crippen LogP contribution is -2.14. The Kier molecular flexibility index (Phi) is 3.35. The number of alkyl halides is 1. The number of benzene rings is 1. The molecule has 0 bridgehead atoms. The number of nitrogens with one attached hydrogen (secondary N) is 1. The maximum atomic E-state index is 12.9. The number of hydrogen-bond acceptors (Lipinski definition) is 1. The zero-order valence-corrected chi connectivity index (χ0v) is 7.54. The van der Waals surface area contributed by atoms with Crippen LogP contribution in [-0.4, -0.2) is 11.8 Å². The molecule has 0 aromatic heterocycles. The van der Waals surface area contributed by atoms with Crippen molar-refractivity contribution in [3.63, 3.8) is 0 Å². The molecule has 0 saturated heterocycles. The average Bonchev–Trinajstić information content (AvgIpc) is 2.19. The van der Waals surface area contributed by atoms with Gasteiger partial charge in [-0.1, -0.05) is 0 Å². The summed E-state index contributed by atoms with van der Waals surface area (Å²) >= 11 is 5.12. The fraction of sp³-hybridized carbons (Fsp3) is 0.125. The number of carbonyl (C=O) groups is 1. The fourth-order valence-electron chi connectivity index (χ4n) is 0.806. The van der Waals surface area contributed by atoms with Gasteiger partial charge in [-0.05, 0) is 12.1 Å². The van der Waals surface area contributed by atoms with E-state index in [0.717, 1.165) is 6.07 Å². The molecular weight excluding hydrogens is 219 g/mol. The van der Waals surface area contributed by atoms with Crippen LogP contribution < -0.4 is 5.32 Å². The first-order valence-electron chi connectivity index (χ1n) is 3.55. The summed E-state index contributed by atoms with van der Waals surface area (Å²) in [4.78, 5) is 10.7. The normalized spacial score (nSPS) is 10.0. The summed E-state index contributed by atoms with van der Waals surface area (Å²) in [6, 6.07) is 1.63. The second-order valence-corrected chi connectivity index (χ2v) is 2.67. The van der Waals surface area contributed by atoms with E-state index in [4.69, 9.17) is 11.6 Å². The number of anilines is 1. The van der Waals surface area contributed by atoms with Crippen molar-refractivity contribution in [3.8, 4) is 0 Å². The molecule has 6 heteroatoms. The molecule has 0 unspecified atom stereocenters. The summed E-state index contributed by atoms with van der Waals surface area (Å²) in [6.45, 7) is 0.